The summed E-state index contributed by atoms with van der Waals surface area (Å²) >= 11 is 0. The Kier molecular flexibility index (Phi) is 4.26. The van der Waals surface area contributed by atoms with Gasteiger partial charge in [0.05, 0.1) is 5.56 Å². The Balaban J connectivity index is 2.24. The molecule has 0 aliphatic heterocycles. The van der Waals surface area contributed by atoms with Crippen LogP contribution in [0.25, 0.3) is 0 Å². The van der Waals surface area contributed by atoms with E-state index in [0.29, 0.717) is 11.3 Å². The van der Waals surface area contributed by atoms with Crippen molar-refractivity contribution in [2.75, 3.05) is 0 Å². The van der Waals surface area contributed by atoms with Gasteiger partial charge in [-0.05, 0) is 34.5 Å². The van der Waals surface area contributed by atoms with Gasteiger partial charge in [-0.3, -0.25) is 14.9 Å². The highest BCUT2D eigenvalue weighted by Crippen LogP contribution is 2.13. The highest BCUT2D eigenvalue weighted by atomic mass is 16.6. The minimum absolute atomic E-state index is 0.0149. The molecule has 2 amide bonds. The average Bonchev–Trinajstić information content (AvgIpc) is 2.46. The Morgan fingerprint density at radius 3 is 2.45 bits per heavy atom. The normalized spacial score (nSPS) is 10.1. The first-order valence-electron chi connectivity index (χ1n) is 6.43. The molecule has 7 nitrogen and oxygen atoms in total. The fourth-order valence-corrected chi connectivity index (χ4v) is 1.95. The van der Waals surface area contributed by atoms with Gasteiger partial charge in [0.1, 0.15) is 0 Å². The molecule has 0 aliphatic carbocycles. The molecule has 1 aromatic carbocycles. The summed E-state index contributed by atoms with van der Waals surface area (Å²) < 4.78 is 0. The summed E-state index contributed by atoms with van der Waals surface area (Å²) in [6.07, 6.45) is 0. The van der Waals surface area contributed by atoms with E-state index in [4.69, 9.17) is 0 Å². The van der Waals surface area contributed by atoms with Crippen molar-refractivity contribution >= 4 is 17.6 Å². The number of aromatic nitrogens is 1. The molecule has 0 saturated carbocycles. The van der Waals surface area contributed by atoms with E-state index in [1.165, 1.54) is 13.0 Å². The molecule has 2 rings (SSSR count). The number of nitrogens with one attached hydrogen (secondary N) is 1. The molecule has 0 atom stereocenters. The molecule has 0 saturated heterocycles. The van der Waals surface area contributed by atoms with Gasteiger partial charge >= 0.3 is 5.82 Å². The summed E-state index contributed by atoms with van der Waals surface area (Å²) in [6, 6.07) is 9.23. The molecule has 1 heterocycles. The number of aryl methyl sites for hydroxylation is 2. The molecule has 1 aromatic heterocycles. The van der Waals surface area contributed by atoms with Crippen LogP contribution in [0.4, 0.5) is 5.82 Å². The lowest BCUT2D eigenvalue weighted by atomic mass is 10.1. The van der Waals surface area contributed by atoms with E-state index in [2.05, 4.69) is 10.3 Å². The zero-order valence-corrected chi connectivity index (χ0v) is 12.0. The van der Waals surface area contributed by atoms with E-state index < -0.39 is 22.6 Å². The van der Waals surface area contributed by atoms with E-state index in [0.717, 1.165) is 11.6 Å². The first-order chi connectivity index (χ1) is 10.4. The minimum atomic E-state index is -0.707. The van der Waals surface area contributed by atoms with Crippen molar-refractivity contribution < 1.29 is 14.5 Å². The third-order valence-electron chi connectivity index (χ3n) is 3.01. The van der Waals surface area contributed by atoms with E-state index in [1.807, 2.05) is 0 Å². The van der Waals surface area contributed by atoms with Gasteiger partial charge in [-0.2, -0.15) is 0 Å². The fraction of sp³-hybridized carbons (Fsp3) is 0.133. The summed E-state index contributed by atoms with van der Waals surface area (Å²) in [4.78, 5) is 37.9. The quantitative estimate of drug-likeness (QED) is 0.531. The van der Waals surface area contributed by atoms with Crippen molar-refractivity contribution in [3.8, 4) is 0 Å². The first kappa shape index (κ1) is 15.3. The number of imide groups is 1. The van der Waals surface area contributed by atoms with Crippen molar-refractivity contribution in [2.45, 2.75) is 13.8 Å². The SMILES string of the molecule is Cc1cc(C(=O)NC(=O)c2ccccc2C)cc([N+](=O)[O-])n1. The van der Waals surface area contributed by atoms with Gasteiger partial charge in [-0.1, -0.05) is 18.2 Å². The van der Waals surface area contributed by atoms with Crippen LogP contribution in [0.3, 0.4) is 0 Å². The molecule has 0 spiro atoms. The Morgan fingerprint density at radius 1 is 1.14 bits per heavy atom. The smallest absolute Gasteiger partial charge is 0.358 e. The van der Waals surface area contributed by atoms with Crippen LogP contribution in [0.2, 0.25) is 0 Å². The van der Waals surface area contributed by atoms with E-state index in [1.54, 1.807) is 31.2 Å². The van der Waals surface area contributed by atoms with Crippen LogP contribution in [0.15, 0.2) is 36.4 Å². The van der Waals surface area contributed by atoms with Crippen LogP contribution in [-0.2, 0) is 0 Å². The number of amides is 2. The molecule has 2 aromatic rings. The lowest BCUT2D eigenvalue weighted by molar-refractivity contribution is -0.389. The maximum absolute atomic E-state index is 12.1. The van der Waals surface area contributed by atoms with Crippen LogP contribution in [0, 0.1) is 24.0 Å². The zero-order chi connectivity index (χ0) is 16.3. The average molecular weight is 299 g/mol. The summed E-state index contributed by atoms with van der Waals surface area (Å²) in [5, 5.41) is 13.0. The molecular formula is C15H13N3O4. The molecule has 0 bridgehead atoms. The number of hydrogen-bond donors (Lipinski definition) is 1. The molecule has 0 radical (unpaired) electrons. The topological polar surface area (TPSA) is 102 Å². The first-order valence-corrected chi connectivity index (χ1v) is 6.43. The minimum Gasteiger partial charge on any atom is -0.358 e. The Bertz CT molecular complexity index is 771. The van der Waals surface area contributed by atoms with Gasteiger partial charge < -0.3 is 10.1 Å². The predicted octanol–water partition coefficient (Wildman–Crippen LogP) is 2.18. The van der Waals surface area contributed by atoms with Crippen LogP contribution in [-0.4, -0.2) is 21.7 Å². The second kappa shape index (κ2) is 6.13. The maximum atomic E-state index is 12.1. The lowest BCUT2D eigenvalue weighted by Crippen LogP contribution is -2.31. The highest BCUT2D eigenvalue weighted by Gasteiger charge is 2.18. The number of nitro groups is 1. The molecule has 1 N–H and O–H groups in total. The number of rotatable bonds is 3. The van der Waals surface area contributed by atoms with Crippen molar-refractivity contribution in [1.29, 1.82) is 0 Å². The molecule has 0 aliphatic rings. The monoisotopic (exact) mass is 299 g/mol. The number of pyridine rings is 1. The molecule has 7 heteroatoms. The maximum Gasteiger partial charge on any atom is 0.364 e. The van der Waals surface area contributed by atoms with Crippen LogP contribution in [0.1, 0.15) is 32.0 Å². The summed E-state index contributed by atoms with van der Waals surface area (Å²) in [5.41, 5.74) is 1.43. The van der Waals surface area contributed by atoms with Gasteiger partial charge in [0.2, 0.25) is 0 Å². The van der Waals surface area contributed by atoms with E-state index in [9.17, 15) is 19.7 Å². The second-order valence-corrected chi connectivity index (χ2v) is 4.71. The van der Waals surface area contributed by atoms with Crippen LogP contribution in [0.5, 0.6) is 0 Å². The van der Waals surface area contributed by atoms with Gasteiger partial charge in [-0.25, -0.2) is 0 Å². The van der Waals surface area contributed by atoms with Crippen molar-refractivity contribution in [2.24, 2.45) is 0 Å². The molecule has 112 valence electrons. The van der Waals surface area contributed by atoms with Gasteiger partial charge in [0.25, 0.3) is 11.8 Å². The fourth-order valence-electron chi connectivity index (χ4n) is 1.95. The number of benzene rings is 1. The van der Waals surface area contributed by atoms with Crippen molar-refractivity contribution in [1.82, 2.24) is 10.3 Å². The number of hydrogen-bond acceptors (Lipinski definition) is 5. The van der Waals surface area contributed by atoms with Crippen molar-refractivity contribution in [3.05, 3.63) is 68.9 Å². The lowest BCUT2D eigenvalue weighted by Gasteiger charge is -2.06. The summed E-state index contributed by atoms with van der Waals surface area (Å²) in [6.45, 7) is 3.29. The van der Waals surface area contributed by atoms with Crippen molar-refractivity contribution in [3.63, 3.8) is 0 Å². The standard InChI is InChI=1S/C15H13N3O4/c1-9-5-3-4-6-12(9)15(20)17-14(19)11-7-10(2)16-13(8-11)18(21)22/h3-8H,1-2H3,(H,17,19,20). The zero-order valence-electron chi connectivity index (χ0n) is 12.0. The molecule has 0 unspecified atom stereocenters. The third kappa shape index (κ3) is 3.32. The van der Waals surface area contributed by atoms with Crippen LogP contribution < -0.4 is 5.32 Å². The van der Waals surface area contributed by atoms with Crippen LogP contribution >= 0.6 is 0 Å². The van der Waals surface area contributed by atoms with E-state index >= 15 is 0 Å². The third-order valence-corrected chi connectivity index (χ3v) is 3.01. The van der Waals surface area contributed by atoms with Gasteiger partial charge in [-0.15, -0.1) is 0 Å². The molecule has 22 heavy (non-hydrogen) atoms. The van der Waals surface area contributed by atoms with Gasteiger partial charge in [0, 0.05) is 18.6 Å². The number of carbonyl (C=O) groups excluding carboxylic acids is 2. The Labute approximate surface area is 126 Å². The van der Waals surface area contributed by atoms with E-state index in [-0.39, 0.29) is 5.56 Å². The number of carbonyl (C=O) groups is 2. The molecular weight excluding hydrogens is 286 g/mol. The Morgan fingerprint density at radius 2 is 1.82 bits per heavy atom. The highest BCUT2D eigenvalue weighted by molar-refractivity contribution is 6.11. The summed E-state index contributed by atoms with van der Waals surface area (Å²) in [7, 11) is 0. The van der Waals surface area contributed by atoms with Gasteiger partial charge in [0.15, 0.2) is 5.69 Å². The Hall–Kier alpha value is -3.09. The summed E-state index contributed by atoms with van der Waals surface area (Å²) in [5.74, 6) is -1.70. The largest absolute Gasteiger partial charge is 0.364 e. The number of nitrogens with zero attached hydrogens (tertiary/aromatic N) is 2. The predicted molar refractivity (Wildman–Crippen MR) is 78.6 cm³/mol. The second-order valence-electron chi connectivity index (χ2n) is 4.71. The molecule has 0 fully saturated rings.